The molecule has 2 aromatic carbocycles. The monoisotopic (exact) mass is 548 g/mol. The Morgan fingerprint density at radius 2 is 1.27 bits per heavy atom. The number of piperazine rings is 2. The summed E-state index contributed by atoms with van der Waals surface area (Å²) in [6.45, 7) is 6.15. The molecule has 7 nitrogen and oxygen atoms in total. The van der Waals surface area contributed by atoms with Gasteiger partial charge < -0.3 is 24.7 Å². The number of pyridine rings is 2. The van der Waals surface area contributed by atoms with E-state index in [9.17, 15) is 5.11 Å². The van der Waals surface area contributed by atoms with Crippen LogP contribution in [0.2, 0.25) is 0 Å². The fraction of sp³-hybridized carbons (Fsp3) is 0.353. The lowest BCUT2D eigenvalue weighted by atomic mass is 9.96. The average molecular weight is 549 g/mol. The molecule has 0 aliphatic carbocycles. The van der Waals surface area contributed by atoms with Crippen molar-refractivity contribution in [3.05, 3.63) is 119 Å². The minimum atomic E-state index is 0.0248. The van der Waals surface area contributed by atoms with Crippen molar-refractivity contribution in [1.82, 2.24) is 19.8 Å². The van der Waals surface area contributed by atoms with Crippen molar-refractivity contribution in [2.45, 2.75) is 25.1 Å². The van der Waals surface area contributed by atoms with Crippen LogP contribution < -0.4 is 9.80 Å². The third-order valence-electron chi connectivity index (χ3n) is 8.60. The molecule has 212 valence electrons. The number of fused-ring (bicyclic) bond motifs is 5. The molecule has 0 spiro atoms. The van der Waals surface area contributed by atoms with Gasteiger partial charge in [-0.3, -0.25) is 0 Å². The number of aromatic nitrogens is 2. The van der Waals surface area contributed by atoms with E-state index in [1.807, 2.05) is 24.4 Å². The number of hydrogen-bond acceptors (Lipinski definition) is 7. The molecule has 5 heterocycles. The highest BCUT2D eigenvalue weighted by atomic mass is 16.3. The number of likely N-dealkylation sites (N-methyl/N-ethyl adjacent to an activating group) is 2. The van der Waals surface area contributed by atoms with Gasteiger partial charge in [-0.1, -0.05) is 66.7 Å². The molecule has 4 aromatic rings. The summed E-state index contributed by atoms with van der Waals surface area (Å²) in [5.41, 5.74) is 6.45. The molecule has 1 N–H and O–H groups in total. The molecule has 2 saturated heterocycles. The smallest absolute Gasteiger partial charge is 0.134 e. The molecule has 2 fully saturated rings. The minimum absolute atomic E-state index is 0.0248. The molecule has 7 rings (SSSR count). The Labute approximate surface area is 243 Å². The third kappa shape index (κ3) is 5.84. The second-order valence-corrected chi connectivity index (χ2v) is 11.4. The van der Waals surface area contributed by atoms with E-state index < -0.39 is 0 Å². The first-order valence-corrected chi connectivity index (χ1v) is 14.6. The van der Waals surface area contributed by atoms with Gasteiger partial charge >= 0.3 is 0 Å². The Hall–Kier alpha value is -3.78. The van der Waals surface area contributed by atoms with Crippen LogP contribution >= 0.6 is 0 Å². The van der Waals surface area contributed by atoms with E-state index in [2.05, 4.69) is 104 Å². The molecular weight excluding hydrogens is 508 g/mol. The molecule has 2 atom stereocenters. The number of anilines is 2. The van der Waals surface area contributed by atoms with Crippen LogP contribution in [-0.2, 0) is 13.0 Å². The second-order valence-electron chi connectivity index (χ2n) is 11.4. The zero-order valence-corrected chi connectivity index (χ0v) is 24.1. The Bertz CT molecular complexity index is 1450. The minimum Gasteiger partial charge on any atom is -0.392 e. The number of benzene rings is 2. The molecular formula is C34H40N6O. The Morgan fingerprint density at radius 3 is 2.02 bits per heavy atom. The van der Waals surface area contributed by atoms with Crippen molar-refractivity contribution < 1.29 is 5.11 Å². The first-order chi connectivity index (χ1) is 20.1. The zero-order chi connectivity index (χ0) is 28.2. The molecule has 41 heavy (non-hydrogen) atoms. The van der Waals surface area contributed by atoms with Gasteiger partial charge in [-0.05, 0) is 48.5 Å². The fourth-order valence-corrected chi connectivity index (χ4v) is 6.44. The molecule has 7 heteroatoms. The van der Waals surface area contributed by atoms with Gasteiger partial charge in [-0.25, -0.2) is 9.97 Å². The average Bonchev–Trinajstić information content (AvgIpc) is 3.16. The largest absolute Gasteiger partial charge is 0.392 e. The van der Waals surface area contributed by atoms with E-state index in [1.54, 1.807) is 6.20 Å². The normalized spacial score (nSPS) is 20.7. The lowest BCUT2D eigenvalue weighted by molar-refractivity contribution is 0.262. The van der Waals surface area contributed by atoms with E-state index >= 15 is 0 Å². The van der Waals surface area contributed by atoms with Crippen LogP contribution in [0.3, 0.4) is 0 Å². The lowest BCUT2D eigenvalue weighted by Gasteiger charge is -2.41. The molecule has 0 radical (unpaired) electrons. The fourth-order valence-electron chi connectivity index (χ4n) is 6.44. The predicted molar refractivity (Wildman–Crippen MR) is 165 cm³/mol. The van der Waals surface area contributed by atoms with E-state index in [1.165, 1.54) is 28.1 Å². The molecule has 0 saturated carbocycles. The standard InChI is InChI=1S/C17H21N3O.C17H19N3/c1-19-10-11-20(17-15(13-21)8-5-9-18-17)16(12-19)14-6-3-2-4-7-14;1-19-9-10-20-16(12-19)15-7-3-2-5-13(15)11-14-6-4-8-18-17(14)20/h2-9,16,21H,10-13H2,1H3;2-8,16H,9-12H2,1H3/t2*16-/m11/s1. The van der Waals surface area contributed by atoms with Crippen molar-refractivity contribution in [1.29, 1.82) is 0 Å². The summed E-state index contributed by atoms with van der Waals surface area (Å²) in [5.74, 6) is 2.09. The summed E-state index contributed by atoms with van der Waals surface area (Å²) in [6, 6.07) is 28.2. The van der Waals surface area contributed by atoms with Crippen LogP contribution in [0.15, 0.2) is 91.3 Å². The van der Waals surface area contributed by atoms with E-state index in [0.717, 1.165) is 57.1 Å². The van der Waals surface area contributed by atoms with Gasteiger partial charge in [-0.2, -0.15) is 0 Å². The van der Waals surface area contributed by atoms with E-state index in [0.29, 0.717) is 6.04 Å². The van der Waals surface area contributed by atoms with Crippen molar-refractivity contribution in [2.75, 3.05) is 63.2 Å². The van der Waals surface area contributed by atoms with Gasteiger partial charge in [0.1, 0.15) is 11.6 Å². The van der Waals surface area contributed by atoms with Crippen molar-refractivity contribution in [3.63, 3.8) is 0 Å². The maximum Gasteiger partial charge on any atom is 0.134 e. The lowest BCUT2D eigenvalue weighted by Crippen LogP contribution is -2.47. The number of aliphatic hydroxyl groups excluding tert-OH is 1. The van der Waals surface area contributed by atoms with Crippen molar-refractivity contribution >= 4 is 11.6 Å². The number of rotatable bonds is 3. The molecule has 3 aliphatic rings. The maximum atomic E-state index is 9.58. The van der Waals surface area contributed by atoms with Crippen LogP contribution in [0.5, 0.6) is 0 Å². The molecule has 0 bridgehead atoms. The highest BCUT2D eigenvalue weighted by Crippen LogP contribution is 2.37. The number of hydrogen-bond donors (Lipinski definition) is 1. The SMILES string of the molecule is CN1CCN(c2ncccc2CO)[C@@H](c2ccccc2)C1.CN1CCN2c3ncccc3Cc3ccccc3[C@H]2C1. The summed E-state index contributed by atoms with van der Waals surface area (Å²) in [6.07, 6.45) is 4.72. The molecule has 3 aliphatic heterocycles. The molecule has 2 aromatic heterocycles. The topological polar surface area (TPSA) is 59.0 Å². The van der Waals surface area contributed by atoms with Gasteiger partial charge in [0, 0.05) is 63.6 Å². The zero-order valence-electron chi connectivity index (χ0n) is 24.1. The summed E-state index contributed by atoms with van der Waals surface area (Å²) in [7, 11) is 4.36. The Morgan fingerprint density at radius 1 is 0.659 bits per heavy atom. The van der Waals surface area contributed by atoms with Crippen molar-refractivity contribution in [3.8, 4) is 0 Å². The van der Waals surface area contributed by atoms with E-state index in [-0.39, 0.29) is 12.6 Å². The van der Waals surface area contributed by atoms with Gasteiger partial charge in [0.2, 0.25) is 0 Å². The number of nitrogens with zero attached hydrogens (tertiary/aromatic N) is 6. The molecule has 0 unspecified atom stereocenters. The maximum absolute atomic E-state index is 9.58. The highest BCUT2D eigenvalue weighted by molar-refractivity contribution is 5.56. The number of aliphatic hydroxyl groups is 1. The Balaban J connectivity index is 0.000000148. The third-order valence-corrected chi connectivity index (χ3v) is 8.60. The summed E-state index contributed by atoms with van der Waals surface area (Å²) >= 11 is 0. The molecule has 0 amide bonds. The predicted octanol–water partition coefficient (Wildman–Crippen LogP) is 4.55. The van der Waals surface area contributed by atoms with Gasteiger partial charge in [0.15, 0.2) is 0 Å². The van der Waals surface area contributed by atoms with E-state index in [4.69, 9.17) is 0 Å². The van der Waals surface area contributed by atoms with Crippen LogP contribution in [0, 0.1) is 0 Å². The van der Waals surface area contributed by atoms with Crippen LogP contribution in [-0.4, -0.2) is 78.2 Å². The first kappa shape index (κ1) is 27.4. The van der Waals surface area contributed by atoms with Gasteiger partial charge in [-0.15, -0.1) is 0 Å². The van der Waals surface area contributed by atoms with Gasteiger partial charge in [0.05, 0.1) is 18.7 Å². The summed E-state index contributed by atoms with van der Waals surface area (Å²) < 4.78 is 0. The second kappa shape index (κ2) is 12.4. The summed E-state index contributed by atoms with van der Waals surface area (Å²) in [4.78, 5) is 18.8. The summed E-state index contributed by atoms with van der Waals surface area (Å²) in [5, 5.41) is 9.58. The van der Waals surface area contributed by atoms with Gasteiger partial charge in [0.25, 0.3) is 0 Å². The Kier molecular flexibility index (Phi) is 8.28. The van der Waals surface area contributed by atoms with Crippen LogP contribution in [0.25, 0.3) is 0 Å². The highest BCUT2D eigenvalue weighted by Gasteiger charge is 2.33. The van der Waals surface area contributed by atoms with Crippen LogP contribution in [0.1, 0.15) is 39.9 Å². The quantitative estimate of drug-likeness (QED) is 0.403. The first-order valence-electron chi connectivity index (χ1n) is 14.6. The van der Waals surface area contributed by atoms with Crippen molar-refractivity contribution in [2.24, 2.45) is 0 Å². The van der Waals surface area contributed by atoms with Crippen LogP contribution in [0.4, 0.5) is 11.6 Å².